The third-order valence-electron chi connectivity index (χ3n) is 8.74. The maximum absolute atomic E-state index is 13.6. The van der Waals surface area contributed by atoms with Crippen molar-refractivity contribution in [3.05, 3.63) is 35.9 Å². The highest BCUT2D eigenvalue weighted by atomic mass is 16.6. The van der Waals surface area contributed by atoms with E-state index < -0.39 is 89.0 Å². The molecule has 1 heterocycles. The lowest BCUT2D eigenvalue weighted by molar-refractivity contribution is -0.355. The molecule has 2 bridgehead atoms. The number of rotatable bonds is 7. The van der Waals surface area contributed by atoms with Crippen LogP contribution < -0.4 is 0 Å². The van der Waals surface area contributed by atoms with Crippen molar-refractivity contribution in [3.8, 4) is 0 Å². The van der Waals surface area contributed by atoms with Crippen molar-refractivity contribution in [1.82, 2.24) is 0 Å². The number of carbonyl (C=O) groups excluding carboxylic acids is 5. The summed E-state index contributed by atoms with van der Waals surface area (Å²) in [5, 5.41) is 12.4. The molecule has 0 unspecified atom stereocenters. The molecule has 3 fully saturated rings. The number of hydrogen-bond donors (Lipinski definition) is 1. The third-order valence-corrected chi connectivity index (χ3v) is 8.74. The van der Waals surface area contributed by atoms with Crippen molar-refractivity contribution in [1.29, 1.82) is 0 Å². The summed E-state index contributed by atoms with van der Waals surface area (Å²) in [6, 6.07) is 8.15. The molecule has 1 aliphatic heterocycles. The first-order chi connectivity index (χ1) is 19.5. The number of hydrogen-bond acceptors (Lipinski definition) is 12. The normalized spacial score (nSPS) is 36.1. The van der Waals surface area contributed by atoms with E-state index in [0.29, 0.717) is 0 Å². The Morgan fingerprint density at radius 3 is 1.95 bits per heavy atom. The zero-order chi connectivity index (χ0) is 31.3. The first-order valence-corrected chi connectivity index (χ1v) is 13.8. The van der Waals surface area contributed by atoms with E-state index in [2.05, 4.69) is 0 Å². The van der Waals surface area contributed by atoms with E-state index in [-0.39, 0.29) is 18.4 Å². The maximum atomic E-state index is 13.6. The summed E-state index contributed by atoms with van der Waals surface area (Å²) in [7, 11) is 0. The molecule has 1 spiro atoms. The molecule has 0 aromatic heterocycles. The van der Waals surface area contributed by atoms with Gasteiger partial charge in [-0.2, -0.15) is 0 Å². The Balaban J connectivity index is 2.06. The molecule has 4 rings (SSSR count). The molecule has 2 aliphatic carbocycles. The molecule has 1 aromatic rings. The Kier molecular flexibility index (Phi) is 8.20. The molecule has 2 saturated carbocycles. The summed E-state index contributed by atoms with van der Waals surface area (Å²) in [4.78, 5) is 63.3. The second-order valence-corrected chi connectivity index (χ2v) is 12.0. The molecule has 3 aliphatic rings. The summed E-state index contributed by atoms with van der Waals surface area (Å²) in [6.07, 6.45) is -5.50. The van der Waals surface area contributed by atoms with Crippen molar-refractivity contribution >= 4 is 29.8 Å². The van der Waals surface area contributed by atoms with Gasteiger partial charge >= 0.3 is 29.8 Å². The largest absolute Gasteiger partial charge is 0.465 e. The number of carbonyl (C=O) groups is 5. The van der Waals surface area contributed by atoms with Gasteiger partial charge in [-0.05, 0) is 39.3 Å². The van der Waals surface area contributed by atoms with Crippen LogP contribution in [0.5, 0.6) is 0 Å². The fraction of sp³-hybridized carbons (Fsp3) is 0.633. The van der Waals surface area contributed by atoms with Crippen molar-refractivity contribution in [2.45, 2.75) is 103 Å². The van der Waals surface area contributed by atoms with Crippen molar-refractivity contribution in [2.75, 3.05) is 6.61 Å². The summed E-state index contributed by atoms with van der Waals surface area (Å²) in [6.45, 7) is 8.97. The average Bonchev–Trinajstić information content (AvgIpc) is 3.03. The van der Waals surface area contributed by atoms with Gasteiger partial charge in [0.15, 0.2) is 11.7 Å². The maximum Gasteiger partial charge on any atom is 0.338 e. The molecule has 0 amide bonds. The van der Waals surface area contributed by atoms with Crippen molar-refractivity contribution < 1.29 is 57.5 Å². The van der Waals surface area contributed by atoms with Crippen LogP contribution in [-0.4, -0.2) is 82.8 Å². The minimum absolute atomic E-state index is 0.00677. The lowest BCUT2D eigenvalue weighted by Crippen LogP contribution is -2.83. The third kappa shape index (κ3) is 5.04. The molecule has 1 aromatic carbocycles. The molecule has 12 nitrogen and oxygen atoms in total. The number of fused-ring (bicyclic) bond motifs is 1. The SMILES string of the molecule is CC(=O)OC[C@]12[C@@H](OC(=O)c3ccccc3)C[C@@H]3[C@@H](OC(C)=O)[C@]1(OC3(C)C)[C@@](C)(O)C[C@H](OC(C)=O)[C@@H]2OC(C)=O. The van der Waals surface area contributed by atoms with Crippen LogP contribution in [-0.2, 0) is 47.6 Å². The van der Waals surface area contributed by atoms with Crippen LogP contribution in [0.4, 0.5) is 0 Å². The average molecular weight is 591 g/mol. The fourth-order valence-corrected chi connectivity index (χ4v) is 7.39. The van der Waals surface area contributed by atoms with Crippen LogP contribution >= 0.6 is 0 Å². The van der Waals surface area contributed by atoms with Crippen LogP contribution in [0.3, 0.4) is 0 Å². The Morgan fingerprint density at radius 2 is 1.40 bits per heavy atom. The predicted octanol–water partition coefficient (Wildman–Crippen LogP) is 2.28. The Bertz CT molecular complexity index is 1260. The number of esters is 5. The quantitative estimate of drug-likeness (QED) is 0.365. The molecule has 42 heavy (non-hydrogen) atoms. The molecule has 230 valence electrons. The van der Waals surface area contributed by atoms with E-state index >= 15 is 0 Å². The molecule has 1 N–H and O–H groups in total. The van der Waals surface area contributed by atoms with Crippen molar-refractivity contribution in [2.24, 2.45) is 11.3 Å². The lowest BCUT2D eigenvalue weighted by Gasteiger charge is -2.65. The first-order valence-electron chi connectivity index (χ1n) is 13.8. The zero-order valence-corrected chi connectivity index (χ0v) is 24.8. The number of ether oxygens (including phenoxy) is 6. The summed E-state index contributed by atoms with van der Waals surface area (Å²) in [5.74, 6) is -4.29. The van der Waals surface area contributed by atoms with Gasteiger partial charge in [0.2, 0.25) is 0 Å². The van der Waals surface area contributed by atoms with Gasteiger partial charge in [-0.15, -0.1) is 0 Å². The van der Waals surface area contributed by atoms with Gasteiger partial charge in [-0.3, -0.25) is 19.2 Å². The molecular weight excluding hydrogens is 552 g/mol. The number of aliphatic hydroxyl groups is 1. The zero-order valence-electron chi connectivity index (χ0n) is 24.8. The first kappa shape index (κ1) is 31.4. The van der Waals surface area contributed by atoms with Gasteiger partial charge in [0.05, 0.1) is 16.8 Å². The van der Waals surface area contributed by atoms with Crippen LogP contribution in [0.15, 0.2) is 30.3 Å². The molecule has 12 heteroatoms. The van der Waals surface area contributed by atoms with Gasteiger partial charge in [0.1, 0.15) is 30.3 Å². The second-order valence-electron chi connectivity index (χ2n) is 12.0. The van der Waals surface area contributed by atoms with Crippen LogP contribution in [0.25, 0.3) is 0 Å². The Labute approximate surface area is 243 Å². The summed E-state index contributed by atoms with van der Waals surface area (Å²) >= 11 is 0. The Morgan fingerprint density at radius 1 is 0.833 bits per heavy atom. The highest BCUT2D eigenvalue weighted by molar-refractivity contribution is 5.89. The van der Waals surface area contributed by atoms with E-state index in [1.165, 1.54) is 13.8 Å². The van der Waals surface area contributed by atoms with Gasteiger partial charge in [0.25, 0.3) is 0 Å². The van der Waals surface area contributed by atoms with Gasteiger partial charge in [-0.25, -0.2) is 4.79 Å². The van der Waals surface area contributed by atoms with Crippen LogP contribution in [0, 0.1) is 11.3 Å². The van der Waals surface area contributed by atoms with Gasteiger partial charge < -0.3 is 33.5 Å². The second kappa shape index (κ2) is 11.0. The van der Waals surface area contributed by atoms with Crippen LogP contribution in [0.2, 0.25) is 0 Å². The fourth-order valence-electron chi connectivity index (χ4n) is 7.39. The summed E-state index contributed by atoms with van der Waals surface area (Å²) in [5.41, 5.74) is -6.76. The monoisotopic (exact) mass is 590 g/mol. The number of benzene rings is 1. The van der Waals surface area contributed by atoms with E-state index in [1.807, 2.05) is 0 Å². The highest BCUT2D eigenvalue weighted by Gasteiger charge is 2.86. The smallest absolute Gasteiger partial charge is 0.338 e. The highest BCUT2D eigenvalue weighted by Crippen LogP contribution is 2.69. The standard InChI is InChI=1S/C30H38O12/c1-16(31)37-15-29-23(41-26(35)20-11-9-8-10-12-20)13-21-24(39-18(3)33)30(29,42-27(21,5)6)28(7,36)14-22(38-17(2)32)25(29)40-19(4)34/h8-12,21-25,36H,13-15H2,1-7H3/t21-,22+,23+,24-,25+,28+,29-,30+/m1/s1. The lowest BCUT2D eigenvalue weighted by atomic mass is 9.46. The summed E-state index contributed by atoms with van der Waals surface area (Å²) < 4.78 is 35.9. The molecule has 8 atom stereocenters. The Hall–Kier alpha value is -3.51. The minimum Gasteiger partial charge on any atom is -0.465 e. The van der Waals surface area contributed by atoms with Crippen LogP contribution in [0.1, 0.15) is 71.7 Å². The van der Waals surface area contributed by atoms with Crippen molar-refractivity contribution in [3.63, 3.8) is 0 Å². The van der Waals surface area contributed by atoms with Gasteiger partial charge in [-0.1, -0.05) is 18.2 Å². The predicted molar refractivity (Wildman–Crippen MR) is 143 cm³/mol. The topological polar surface area (TPSA) is 161 Å². The van der Waals surface area contributed by atoms with E-state index in [9.17, 15) is 29.1 Å². The molecule has 0 radical (unpaired) electrons. The minimum atomic E-state index is -1.98. The molecule has 1 saturated heterocycles. The van der Waals surface area contributed by atoms with E-state index in [1.54, 1.807) is 44.2 Å². The van der Waals surface area contributed by atoms with Gasteiger partial charge in [0, 0.05) is 40.0 Å². The van der Waals surface area contributed by atoms with E-state index in [0.717, 1.165) is 20.8 Å². The molecular formula is C30H38O12. The van der Waals surface area contributed by atoms with E-state index in [4.69, 9.17) is 28.4 Å².